The number of benzene rings is 2. The van der Waals surface area contributed by atoms with Gasteiger partial charge in [0.2, 0.25) is 0 Å². The van der Waals surface area contributed by atoms with E-state index in [0.717, 1.165) is 55.1 Å². The molecule has 1 unspecified atom stereocenters. The summed E-state index contributed by atoms with van der Waals surface area (Å²) in [6, 6.07) is 15.1. The maximum Gasteiger partial charge on any atom is 0.159 e. The quantitative estimate of drug-likeness (QED) is 0.703. The molecule has 5 heteroatoms. The van der Waals surface area contributed by atoms with Gasteiger partial charge < -0.3 is 5.32 Å². The maximum atomic E-state index is 13.1. The van der Waals surface area contributed by atoms with Crippen LogP contribution in [0.3, 0.4) is 0 Å². The van der Waals surface area contributed by atoms with Crippen molar-refractivity contribution < 1.29 is 4.39 Å². The molecule has 4 rings (SSSR count). The zero-order chi connectivity index (χ0) is 19.3. The summed E-state index contributed by atoms with van der Waals surface area (Å²) in [4.78, 5) is 11.6. The van der Waals surface area contributed by atoms with Crippen molar-refractivity contribution in [1.82, 2.24) is 14.9 Å². The van der Waals surface area contributed by atoms with Crippen LogP contribution in [0.25, 0.3) is 11.4 Å². The van der Waals surface area contributed by atoms with E-state index in [-0.39, 0.29) is 5.82 Å². The lowest BCUT2D eigenvalue weighted by atomic mass is 10.0. The van der Waals surface area contributed by atoms with Gasteiger partial charge in [-0.1, -0.05) is 24.3 Å². The molecule has 0 bridgehead atoms. The third-order valence-corrected chi connectivity index (χ3v) is 5.22. The van der Waals surface area contributed by atoms with Crippen molar-refractivity contribution in [3.05, 3.63) is 77.9 Å². The van der Waals surface area contributed by atoms with Crippen LogP contribution in [-0.4, -0.2) is 34.0 Å². The van der Waals surface area contributed by atoms with Gasteiger partial charge in [-0.2, -0.15) is 0 Å². The largest absolute Gasteiger partial charge is 0.381 e. The Labute approximate surface area is 165 Å². The van der Waals surface area contributed by atoms with Gasteiger partial charge in [0, 0.05) is 48.3 Å². The zero-order valence-electron chi connectivity index (χ0n) is 16.1. The molecule has 0 spiro atoms. The van der Waals surface area contributed by atoms with Crippen molar-refractivity contribution in [3.63, 3.8) is 0 Å². The first kappa shape index (κ1) is 18.6. The normalized spacial score (nSPS) is 17.4. The highest BCUT2D eigenvalue weighted by atomic mass is 19.1. The van der Waals surface area contributed by atoms with Crippen molar-refractivity contribution in [2.75, 3.05) is 18.4 Å². The smallest absolute Gasteiger partial charge is 0.159 e. The Morgan fingerprint density at radius 2 is 1.82 bits per heavy atom. The Morgan fingerprint density at radius 1 is 1.07 bits per heavy atom. The molecule has 1 aromatic heterocycles. The van der Waals surface area contributed by atoms with Gasteiger partial charge in [0.15, 0.2) is 5.82 Å². The van der Waals surface area contributed by atoms with Crippen LogP contribution in [0.1, 0.15) is 24.0 Å². The van der Waals surface area contributed by atoms with Crippen LogP contribution in [0.4, 0.5) is 10.1 Å². The molecular weight excluding hydrogens is 351 g/mol. The fourth-order valence-corrected chi connectivity index (χ4v) is 3.76. The molecule has 1 N–H and O–H groups in total. The van der Waals surface area contributed by atoms with Gasteiger partial charge >= 0.3 is 0 Å². The molecular formula is C23H25FN4. The fraction of sp³-hybridized carbons (Fsp3) is 0.304. The minimum Gasteiger partial charge on any atom is -0.381 e. The Bertz CT molecular complexity index is 909. The Hall–Kier alpha value is -2.79. The Balaban J connectivity index is 1.37. The van der Waals surface area contributed by atoms with E-state index in [1.54, 1.807) is 12.1 Å². The molecule has 1 aliphatic rings. The van der Waals surface area contributed by atoms with E-state index in [9.17, 15) is 4.39 Å². The van der Waals surface area contributed by atoms with Crippen LogP contribution < -0.4 is 5.32 Å². The first-order chi connectivity index (χ1) is 13.7. The highest BCUT2D eigenvalue weighted by molar-refractivity contribution is 5.59. The number of rotatable bonds is 5. The highest BCUT2D eigenvalue weighted by Crippen LogP contribution is 2.20. The molecule has 2 aromatic carbocycles. The average Bonchev–Trinajstić information content (AvgIpc) is 2.71. The van der Waals surface area contributed by atoms with E-state index in [4.69, 9.17) is 0 Å². The predicted octanol–water partition coefficient (Wildman–Crippen LogP) is 4.67. The van der Waals surface area contributed by atoms with Crippen molar-refractivity contribution >= 4 is 5.69 Å². The van der Waals surface area contributed by atoms with Gasteiger partial charge in [-0.05, 0) is 56.1 Å². The standard InChI is InChI=1S/C23H25FN4/c1-17-5-2-3-7-22(17)23-25-13-18(14-26-23)15-28-12-4-6-21(16-28)27-20-10-8-19(24)9-11-20/h2-3,5,7-11,13-14,21,27H,4,6,12,15-16H2,1H3. The third kappa shape index (κ3) is 4.54. The van der Waals surface area contributed by atoms with Crippen LogP contribution >= 0.6 is 0 Å². The molecule has 1 fully saturated rings. The molecule has 0 amide bonds. The number of halogens is 1. The number of aryl methyl sites for hydroxylation is 1. The van der Waals surface area contributed by atoms with Crippen molar-refractivity contribution in [1.29, 1.82) is 0 Å². The number of hydrogen-bond donors (Lipinski definition) is 1. The predicted molar refractivity (Wildman–Crippen MR) is 111 cm³/mol. The van der Waals surface area contributed by atoms with Crippen LogP contribution in [0.15, 0.2) is 60.9 Å². The molecule has 0 saturated carbocycles. The average molecular weight is 376 g/mol. The summed E-state index contributed by atoms with van der Waals surface area (Å²) < 4.78 is 13.1. The molecule has 0 aliphatic carbocycles. The molecule has 4 nitrogen and oxygen atoms in total. The van der Waals surface area contributed by atoms with Gasteiger partial charge in [0.1, 0.15) is 5.82 Å². The lowest BCUT2D eigenvalue weighted by Crippen LogP contribution is -2.41. The summed E-state index contributed by atoms with van der Waals surface area (Å²) in [6.07, 6.45) is 6.13. The lowest BCUT2D eigenvalue weighted by molar-refractivity contribution is 0.208. The number of hydrogen-bond acceptors (Lipinski definition) is 4. The molecule has 0 radical (unpaired) electrons. The first-order valence-corrected chi connectivity index (χ1v) is 9.79. The van der Waals surface area contributed by atoms with Crippen molar-refractivity contribution in [2.24, 2.45) is 0 Å². The summed E-state index contributed by atoms with van der Waals surface area (Å²) in [5, 5.41) is 3.52. The molecule has 1 saturated heterocycles. The van der Waals surface area contributed by atoms with Crippen LogP contribution in [-0.2, 0) is 6.54 Å². The number of nitrogens with zero attached hydrogens (tertiary/aromatic N) is 3. The minimum atomic E-state index is -0.204. The number of aromatic nitrogens is 2. The molecule has 3 aromatic rings. The fourth-order valence-electron chi connectivity index (χ4n) is 3.76. The Kier molecular flexibility index (Phi) is 5.63. The minimum absolute atomic E-state index is 0.204. The van der Waals surface area contributed by atoms with Gasteiger partial charge in [0.25, 0.3) is 0 Å². The highest BCUT2D eigenvalue weighted by Gasteiger charge is 2.20. The molecule has 144 valence electrons. The lowest BCUT2D eigenvalue weighted by Gasteiger charge is -2.33. The Morgan fingerprint density at radius 3 is 2.57 bits per heavy atom. The summed E-state index contributed by atoms with van der Waals surface area (Å²) in [5.74, 6) is 0.571. The van der Waals surface area contributed by atoms with Crippen molar-refractivity contribution in [2.45, 2.75) is 32.4 Å². The summed E-state index contributed by atoms with van der Waals surface area (Å²) in [5.41, 5.74) is 4.36. The second kappa shape index (κ2) is 8.48. The SMILES string of the molecule is Cc1ccccc1-c1ncc(CN2CCCC(Nc3ccc(F)cc3)C2)cn1. The van der Waals surface area contributed by atoms with E-state index in [2.05, 4.69) is 39.2 Å². The third-order valence-electron chi connectivity index (χ3n) is 5.22. The van der Waals surface area contributed by atoms with E-state index in [0.29, 0.717) is 6.04 Å². The number of piperidine rings is 1. The van der Waals surface area contributed by atoms with Crippen LogP contribution in [0, 0.1) is 12.7 Å². The number of nitrogens with one attached hydrogen (secondary N) is 1. The molecule has 1 atom stereocenters. The number of anilines is 1. The second-order valence-corrected chi connectivity index (χ2v) is 7.46. The zero-order valence-corrected chi connectivity index (χ0v) is 16.1. The molecule has 28 heavy (non-hydrogen) atoms. The van der Waals surface area contributed by atoms with Crippen LogP contribution in [0.5, 0.6) is 0 Å². The second-order valence-electron chi connectivity index (χ2n) is 7.46. The maximum absolute atomic E-state index is 13.1. The van der Waals surface area contributed by atoms with Gasteiger partial charge in [-0.3, -0.25) is 4.90 Å². The summed E-state index contributed by atoms with van der Waals surface area (Å²) in [6.45, 7) is 4.95. The van der Waals surface area contributed by atoms with Gasteiger partial charge in [-0.15, -0.1) is 0 Å². The van der Waals surface area contributed by atoms with Crippen LogP contribution in [0.2, 0.25) is 0 Å². The van der Waals surface area contributed by atoms with Gasteiger partial charge in [-0.25, -0.2) is 14.4 Å². The topological polar surface area (TPSA) is 41.1 Å². The summed E-state index contributed by atoms with van der Waals surface area (Å²) >= 11 is 0. The van der Waals surface area contributed by atoms with E-state index < -0.39 is 0 Å². The molecule has 2 heterocycles. The van der Waals surface area contributed by atoms with Gasteiger partial charge in [0.05, 0.1) is 0 Å². The molecule has 1 aliphatic heterocycles. The van der Waals surface area contributed by atoms with E-state index in [1.165, 1.54) is 17.7 Å². The summed E-state index contributed by atoms with van der Waals surface area (Å²) in [7, 11) is 0. The monoisotopic (exact) mass is 376 g/mol. The van der Waals surface area contributed by atoms with Crippen molar-refractivity contribution in [3.8, 4) is 11.4 Å². The van der Waals surface area contributed by atoms with E-state index in [1.807, 2.05) is 24.5 Å². The van der Waals surface area contributed by atoms with E-state index >= 15 is 0 Å². The first-order valence-electron chi connectivity index (χ1n) is 9.79. The number of likely N-dealkylation sites (tertiary alicyclic amines) is 1.